The molecule has 0 aliphatic carbocycles. The van der Waals surface area contributed by atoms with Gasteiger partial charge in [0.15, 0.2) is 0 Å². The van der Waals surface area contributed by atoms with Gasteiger partial charge in [0.2, 0.25) is 0 Å². The minimum Gasteiger partial charge on any atom is -0.496 e. The van der Waals surface area contributed by atoms with Crippen molar-refractivity contribution in [3.63, 3.8) is 0 Å². The Balaban J connectivity index is 2.35. The third-order valence-electron chi connectivity index (χ3n) is 2.21. The van der Waals surface area contributed by atoms with Gasteiger partial charge in [0, 0.05) is 4.90 Å². The number of methoxy groups -OCH3 is 1. The molecule has 17 heavy (non-hydrogen) atoms. The second-order valence-corrected chi connectivity index (χ2v) is 5.17. The maximum absolute atomic E-state index is 6.15. The number of benzene rings is 2. The molecule has 0 saturated carbocycles. The summed E-state index contributed by atoms with van der Waals surface area (Å²) < 4.78 is 5.29. The van der Waals surface area contributed by atoms with Crippen LogP contribution in [0, 0.1) is 0 Å². The number of hydrogen-bond acceptors (Lipinski definition) is 2. The van der Waals surface area contributed by atoms with Gasteiger partial charge in [0.1, 0.15) is 5.75 Å². The van der Waals surface area contributed by atoms with E-state index < -0.39 is 0 Å². The Bertz CT molecular complexity index is 529. The Hall–Kier alpha value is -0.830. The average Bonchev–Trinajstić information content (AvgIpc) is 2.35. The molecule has 1 nitrogen and oxygen atoms in total. The van der Waals surface area contributed by atoms with E-state index in [-0.39, 0.29) is 0 Å². The molecule has 88 valence electrons. The van der Waals surface area contributed by atoms with Crippen molar-refractivity contribution in [3.05, 3.63) is 52.5 Å². The third kappa shape index (κ3) is 2.89. The molecule has 0 atom stereocenters. The van der Waals surface area contributed by atoms with Gasteiger partial charge in [0.25, 0.3) is 0 Å². The molecule has 0 amide bonds. The molecule has 0 radical (unpaired) electrons. The zero-order valence-electron chi connectivity index (χ0n) is 9.11. The van der Waals surface area contributed by atoms with Crippen molar-refractivity contribution in [3.8, 4) is 5.75 Å². The van der Waals surface area contributed by atoms with Gasteiger partial charge in [-0.25, -0.2) is 0 Å². The Morgan fingerprint density at radius 2 is 1.65 bits per heavy atom. The maximum atomic E-state index is 6.15. The van der Waals surface area contributed by atoms with Crippen molar-refractivity contribution in [2.24, 2.45) is 0 Å². The summed E-state index contributed by atoms with van der Waals surface area (Å²) in [5.41, 5.74) is 0. The van der Waals surface area contributed by atoms with Crippen molar-refractivity contribution < 1.29 is 4.74 Å². The Morgan fingerprint density at radius 3 is 2.41 bits per heavy atom. The molecule has 0 spiro atoms. The lowest BCUT2D eigenvalue weighted by Crippen LogP contribution is -1.85. The molecule has 0 fully saturated rings. The van der Waals surface area contributed by atoms with E-state index in [0.29, 0.717) is 10.0 Å². The fraction of sp³-hybridized carbons (Fsp3) is 0.0769. The minimum absolute atomic E-state index is 0.562. The largest absolute Gasteiger partial charge is 0.496 e. The van der Waals surface area contributed by atoms with Gasteiger partial charge in [-0.1, -0.05) is 53.2 Å². The summed E-state index contributed by atoms with van der Waals surface area (Å²) in [7, 11) is 1.65. The highest BCUT2D eigenvalue weighted by atomic mass is 35.5. The van der Waals surface area contributed by atoms with Gasteiger partial charge in [-0.3, -0.25) is 0 Å². The van der Waals surface area contributed by atoms with Crippen molar-refractivity contribution in [2.75, 3.05) is 7.11 Å². The van der Waals surface area contributed by atoms with E-state index in [2.05, 4.69) is 0 Å². The SMILES string of the molecule is COc1ccccc1Sc1cccc(Cl)c1Cl. The smallest absolute Gasteiger partial charge is 0.132 e. The lowest BCUT2D eigenvalue weighted by atomic mass is 10.3. The Morgan fingerprint density at radius 1 is 0.941 bits per heavy atom. The van der Waals surface area contributed by atoms with E-state index in [4.69, 9.17) is 27.9 Å². The van der Waals surface area contributed by atoms with Crippen molar-refractivity contribution in [1.82, 2.24) is 0 Å². The van der Waals surface area contributed by atoms with Crippen LogP contribution in [-0.2, 0) is 0 Å². The molecule has 2 aromatic carbocycles. The summed E-state index contributed by atoms with van der Waals surface area (Å²) in [6.45, 7) is 0. The molecular weight excluding hydrogens is 275 g/mol. The number of ether oxygens (including phenoxy) is 1. The monoisotopic (exact) mass is 284 g/mol. The highest BCUT2D eigenvalue weighted by molar-refractivity contribution is 7.99. The first kappa shape index (κ1) is 12.6. The van der Waals surface area contributed by atoms with E-state index in [1.807, 2.05) is 36.4 Å². The normalized spacial score (nSPS) is 10.3. The van der Waals surface area contributed by atoms with Crippen LogP contribution in [0.4, 0.5) is 0 Å². The molecule has 0 unspecified atom stereocenters. The summed E-state index contributed by atoms with van der Waals surface area (Å²) in [5.74, 6) is 0.827. The van der Waals surface area contributed by atoms with Crippen LogP contribution < -0.4 is 4.74 Å². The third-order valence-corrected chi connectivity index (χ3v) is 4.25. The zero-order chi connectivity index (χ0) is 12.3. The first-order chi connectivity index (χ1) is 8.22. The molecule has 2 rings (SSSR count). The molecule has 0 aliphatic rings. The second-order valence-electron chi connectivity index (χ2n) is 3.30. The summed E-state index contributed by atoms with van der Waals surface area (Å²) in [4.78, 5) is 1.93. The summed E-state index contributed by atoms with van der Waals surface area (Å²) >= 11 is 13.7. The summed E-state index contributed by atoms with van der Waals surface area (Å²) in [6, 6.07) is 13.4. The molecular formula is C13H10Cl2OS. The predicted molar refractivity (Wildman–Crippen MR) is 73.6 cm³/mol. The van der Waals surface area contributed by atoms with Crippen molar-refractivity contribution >= 4 is 35.0 Å². The number of para-hydroxylation sites is 1. The standard InChI is InChI=1S/C13H10Cl2OS/c1-16-10-6-2-3-7-11(10)17-12-8-4-5-9(14)13(12)15/h2-8H,1H3. The Kier molecular flexibility index (Phi) is 4.21. The summed E-state index contributed by atoms with van der Waals surface area (Å²) in [6.07, 6.45) is 0. The van der Waals surface area contributed by atoms with Gasteiger partial charge >= 0.3 is 0 Å². The molecule has 0 bridgehead atoms. The van der Waals surface area contributed by atoms with Crippen LogP contribution in [0.1, 0.15) is 0 Å². The lowest BCUT2D eigenvalue weighted by Gasteiger charge is -2.09. The van der Waals surface area contributed by atoms with E-state index in [9.17, 15) is 0 Å². The number of hydrogen-bond donors (Lipinski definition) is 0. The molecule has 2 aromatic rings. The van der Waals surface area contributed by atoms with Crippen LogP contribution in [0.5, 0.6) is 5.75 Å². The molecule has 0 heterocycles. The lowest BCUT2D eigenvalue weighted by molar-refractivity contribution is 0.405. The van der Waals surface area contributed by atoms with Crippen LogP contribution in [0.25, 0.3) is 0 Å². The first-order valence-corrected chi connectivity index (χ1v) is 6.54. The van der Waals surface area contributed by atoms with Crippen LogP contribution in [0.15, 0.2) is 52.3 Å². The fourth-order valence-electron chi connectivity index (χ4n) is 1.38. The highest BCUT2D eigenvalue weighted by Crippen LogP contribution is 2.40. The molecule has 0 saturated heterocycles. The van der Waals surface area contributed by atoms with E-state index in [0.717, 1.165) is 15.5 Å². The van der Waals surface area contributed by atoms with Crippen molar-refractivity contribution in [2.45, 2.75) is 9.79 Å². The van der Waals surface area contributed by atoms with E-state index in [1.54, 1.807) is 13.2 Å². The van der Waals surface area contributed by atoms with Gasteiger partial charge in [-0.05, 0) is 24.3 Å². The second kappa shape index (κ2) is 5.67. The van der Waals surface area contributed by atoms with Gasteiger partial charge in [-0.15, -0.1) is 0 Å². The Labute approximate surface area is 115 Å². The van der Waals surface area contributed by atoms with Gasteiger partial charge < -0.3 is 4.74 Å². The molecule has 4 heteroatoms. The minimum atomic E-state index is 0.562. The van der Waals surface area contributed by atoms with Gasteiger partial charge in [-0.2, -0.15) is 0 Å². The maximum Gasteiger partial charge on any atom is 0.132 e. The predicted octanol–water partition coefficient (Wildman–Crippen LogP) is 5.15. The fourth-order valence-corrected chi connectivity index (χ4v) is 2.84. The quantitative estimate of drug-likeness (QED) is 0.771. The van der Waals surface area contributed by atoms with Crippen LogP contribution >= 0.6 is 35.0 Å². The zero-order valence-corrected chi connectivity index (χ0v) is 11.4. The van der Waals surface area contributed by atoms with Crippen LogP contribution in [-0.4, -0.2) is 7.11 Å². The molecule has 0 aromatic heterocycles. The van der Waals surface area contributed by atoms with Crippen LogP contribution in [0.2, 0.25) is 10.0 Å². The first-order valence-electron chi connectivity index (χ1n) is 4.97. The number of rotatable bonds is 3. The van der Waals surface area contributed by atoms with Gasteiger partial charge in [0.05, 0.1) is 22.1 Å². The number of halogens is 2. The summed E-state index contributed by atoms with van der Waals surface area (Å²) in [5, 5.41) is 1.14. The molecule has 0 aliphatic heterocycles. The van der Waals surface area contributed by atoms with Crippen molar-refractivity contribution in [1.29, 1.82) is 0 Å². The highest BCUT2D eigenvalue weighted by Gasteiger charge is 2.08. The average molecular weight is 285 g/mol. The molecule has 0 N–H and O–H groups in total. The topological polar surface area (TPSA) is 9.23 Å². The van der Waals surface area contributed by atoms with Crippen LogP contribution in [0.3, 0.4) is 0 Å². The van der Waals surface area contributed by atoms with E-state index in [1.165, 1.54) is 11.8 Å². The van der Waals surface area contributed by atoms with E-state index >= 15 is 0 Å².